The van der Waals surface area contributed by atoms with Crippen molar-refractivity contribution in [3.05, 3.63) is 192 Å². The summed E-state index contributed by atoms with van der Waals surface area (Å²) < 4.78 is 18.5. The number of fused-ring (bicyclic) bond motifs is 4. The van der Waals surface area contributed by atoms with Crippen LogP contribution in [0.15, 0.2) is 162 Å². The zero-order valence-electron chi connectivity index (χ0n) is 43.5. The second-order valence-corrected chi connectivity index (χ2v) is 21.5. The summed E-state index contributed by atoms with van der Waals surface area (Å²) in [6.45, 7) is 20.3. The minimum atomic E-state index is -0.507. The van der Waals surface area contributed by atoms with E-state index in [9.17, 15) is 1.37 Å². The summed E-state index contributed by atoms with van der Waals surface area (Å²) in [5.41, 5.74) is 16.4. The van der Waals surface area contributed by atoms with Gasteiger partial charge in [0.05, 0.1) is 28.3 Å². The van der Waals surface area contributed by atoms with E-state index in [1.807, 2.05) is 48.7 Å². The SMILES string of the molecule is CC(C)(C)c1ccnc(-c2[c-]cccc2)n1.[2H]C1(c2ccc(-c3cc(C(C)C)c(-n4c(-c5[c-]ccc6c5oc5cc(-c7ccccc7)ccc56)nc5ccccc54)c(C(C)C)c3)cc2)CCC(C)(C)CC1.[Ir]. The zero-order chi connectivity index (χ0) is 49.7. The molecule has 1 fully saturated rings. The van der Waals surface area contributed by atoms with E-state index in [1.165, 1.54) is 27.9 Å². The van der Waals surface area contributed by atoms with Crippen LogP contribution >= 0.6 is 0 Å². The number of nitrogens with zero attached hydrogens (tertiary/aromatic N) is 4. The average Bonchev–Trinajstić information content (AvgIpc) is 3.96. The fraction of sp³-hybridized carbons (Fsp3) is 0.277. The Morgan fingerprint density at radius 2 is 1.34 bits per heavy atom. The van der Waals surface area contributed by atoms with Crippen molar-refractivity contribution < 1.29 is 25.9 Å². The Morgan fingerprint density at radius 1 is 0.676 bits per heavy atom. The topological polar surface area (TPSA) is 56.7 Å². The first-order valence-electron chi connectivity index (χ1n) is 25.6. The maximum atomic E-state index is 9.37. The van der Waals surface area contributed by atoms with Crippen LogP contribution < -0.4 is 0 Å². The number of rotatable bonds is 8. The molecule has 10 aromatic rings. The van der Waals surface area contributed by atoms with Gasteiger partial charge in [-0.15, -0.1) is 54.1 Å². The van der Waals surface area contributed by atoms with Crippen LogP contribution in [0.2, 0.25) is 0 Å². The van der Waals surface area contributed by atoms with E-state index in [4.69, 9.17) is 9.40 Å². The number of para-hydroxylation sites is 2. The predicted octanol–water partition coefficient (Wildman–Crippen LogP) is 17.9. The minimum Gasteiger partial charge on any atom is -0.501 e. The van der Waals surface area contributed by atoms with Gasteiger partial charge in [-0.2, -0.15) is 0 Å². The molecule has 0 bridgehead atoms. The zero-order valence-corrected chi connectivity index (χ0v) is 44.9. The predicted molar refractivity (Wildman–Crippen MR) is 292 cm³/mol. The van der Waals surface area contributed by atoms with Crippen molar-refractivity contribution in [1.29, 1.82) is 0 Å². The quantitative estimate of drug-likeness (QED) is 0.142. The van der Waals surface area contributed by atoms with Gasteiger partial charge in [0.25, 0.3) is 0 Å². The molecule has 1 radical (unpaired) electrons. The van der Waals surface area contributed by atoms with Crippen LogP contribution in [-0.2, 0) is 25.5 Å². The summed E-state index contributed by atoms with van der Waals surface area (Å²) in [4.78, 5) is 14.2. The minimum absolute atomic E-state index is 0. The van der Waals surface area contributed by atoms with Gasteiger partial charge in [0.1, 0.15) is 5.58 Å². The van der Waals surface area contributed by atoms with E-state index in [-0.39, 0.29) is 37.4 Å². The Hall–Kier alpha value is -6.46. The van der Waals surface area contributed by atoms with E-state index < -0.39 is 5.89 Å². The molecule has 361 valence electrons. The van der Waals surface area contributed by atoms with Crippen LogP contribution in [0.4, 0.5) is 0 Å². The largest absolute Gasteiger partial charge is 0.501 e. The van der Waals surface area contributed by atoms with Crippen molar-refractivity contribution in [2.75, 3.05) is 0 Å². The van der Waals surface area contributed by atoms with Crippen molar-refractivity contribution in [3.63, 3.8) is 0 Å². The first kappa shape index (κ1) is 48.2. The van der Waals surface area contributed by atoms with Gasteiger partial charge in [0.15, 0.2) is 0 Å². The van der Waals surface area contributed by atoms with Gasteiger partial charge in [-0.05, 0) is 124 Å². The Bertz CT molecular complexity index is 3470. The van der Waals surface area contributed by atoms with Crippen LogP contribution in [0.3, 0.4) is 0 Å². The Labute approximate surface area is 435 Å². The fourth-order valence-electron chi connectivity index (χ4n) is 9.98. The molecule has 3 aromatic heterocycles. The summed E-state index contributed by atoms with van der Waals surface area (Å²) in [6, 6.07) is 59.7. The third-order valence-electron chi connectivity index (χ3n) is 14.2. The first-order chi connectivity index (χ1) is 34.1. The second kappa shape index (κ2) is 20.3. The van der Waals surface area contributed by atoms with Gasteiger partial charge in [0.2, 0.25) is 0 Å². The van der Waals surface area contributed by atoms with Gasteiger partial charge in [0, 0.05) is 49.9 Å². The monoisotopic (exact) mass is 1110 g/mol. The van der Waals surface area contributed by atoms with Crippen LogP contribution in [0.5, 0.6) is 0 Å². The molecule has 0 saturated heterocycles. The molecule has 11 rings (SSSR count). The molecule has 3 heterocycles. The van der Waals surface area contributed by atoms with Gasteiger partial charge in [-0.1, -0.05) is 152 Å². The van der Waals surface area contributed by atoms with Crippen molar-refractivity contribution in [2.24, 2.45) is 5.41 Å². The molecular formula is C65H64IrN4O-2. The maximum absolute atomic E-state index is 9.37. The molecule has 0 aliphatic heterocycles. The summed E-state index contributed by atoms with van der Waals surface area (Å²) in [5, 5.41) is 2.14. The standard InChI is InChI=1S/C51H49N2O.C14H15N2.Ir/c1-32(2)43-29-39(36-21-19-35(20-22-36)37-25-27-51(5,6)28-26-37)30-44(33(3)4)48(43)53-46-18-11-10-17-45(46)52-50(53)42-16-12-15-41-40-24-23-38(31-47(40)54-49(41)42)34-13-8-7-9-14-34;1-14(2,3)12-9-10-15-13(16-12)11-7-5-4-6-8-11;/h7-15,17-24,29-33,37H,25-28H2,1-6H3;4-7,9-10H,1-3H3;/q2*-1;/i37D;;. The third kappa shape index (κ3) is 10.2. The molecule has 7 aromatic carbocycles. The molecule has 71 heavy (non-hydrogen) atoms. The Morgan fingerprint density at radius 3 is 2.01 bits per heavy atom. The number of hydrogen-bond acceptors (Lipinski definition) is 4. The van der Waals surface area contributed by atoms with E-state index >= 15 is 0 Å². The second-order valence-electron chi connectivity index (χ2n) is 21.5. The average molecular weight is 1110 g/mol. The third-order valence-corrected chi connectivity index (χ3v) is 14.2. The van der Waals surface area contributed by atoms with Gasteiger partial charge < -0.3 is 8.98 Å². The smallest absolute Gasteiger partial charge is 0.121 e. The summed E-state index contributed by atoms with van der Waals surface area (Å²) >= 11 is 0. The number of furan rings is 1. The molecule has 5 nitrogen and oxygen atoms in total. The molecule has 1 aliphatic carbocycles. The summed E-state index contributed by atoms with van der Waals surface area (Å²) in [6.07, 6.45) is 5.83. The van der Waals surface area contributed by atoms with Crippen LogP contribution in [0.25, 0.3) is 83.7 Å². The van der Waals surface area contributed by atoms with E-state index in [0.717, 1.165) is 104 Å². The molecule has 1 saturated carbocycles. The normalized spacial score (nSPS) is 14.6. The van der Waals surface area contributed by atoms with Crippen molar-refractivity contribution >= 4 is 33.0 Å². The van der Waals surface area contributed by atoms with Crippen molar-refractivity contribution in [2.45, 2.75) is 111 Å². The number of imidazole rings is 1. The van der Waals surface area contributed by atoms with Crippen LogP contribution in [0.1, 0.15) is 129 Å². The van der Waals surface area contributed by atoms with E-state index in [2.05, 4.69) is 198 Å². The van der Waals surface area contributed by atoms with Gasteiger partial charge in [-0.3, -0.25) is 15.0 Å². The van der Waals surface area contributed by atoms with Crippen molar-refractivity contribution in [3.8, 4) is 50.7 Å². The van der Waals surface area contributed by atoms with Gasteiger partial charge in [-0.25, -0.2) is 0 Å². The van der Waals surface area contributed by atoms with Crippen LogP contribution in [-0.4, -0.2) is 19.5 Å². The molecule has 0 spiro atoms. The molecule has 6 heteroatoms. The Balaban J connectivity index is 0.000000321. The Kier molecular flexibility index (Phi) is 13.8. The fourth-order valence-corrected chi connectivity index (χ4v) is 9.98. The maximum Gasteiger partial charge on any atom is 0.121 e. The molecular weight excluding hydrogens is 1040 g/mol. The van der Waals surface area contributed by atoms with E-state index in [0.29, 0.717) is 5.41 Å². The molecule has 1 aliphatic rings. The van der Waals surface area contributed by atoms with Crippen LogP contribution in [0, 0.1) is 17.5 Å². The number of benzene rings is 7. The van der Waals surface area contributed by atoms with Gasteiger partial charge >= 0.3 is 0 Å². The number of hydrogen-bond donors (Lipinski definition) is 0. The molecule has 0 unspecified atom stereocenters. The summed E-state index contributed by atoms with van der Waals surface area (Å²) in [5.74, 6) is 1.54. The molecule has 0 N–H and O–H groups in total. The number of aromatic nitrogens is 4. The van der Waals surface area contributed by atoms with E-state index in [1.54, 1.807) is 0 Å². The first-order valence-corrected chi connectivity index (χ1v) is 25.1. The summed E-state index contributed by atoms with van der Waals surface area (Å²) in [7, 11) is 0. The molecule has 0 atom stereocenters. The van der Waals surface area contributed by atoms with Crippen molar-refractivity contribution in [1.82, 2.24) is 19.5 Å². The molecule has 0 amide bonds.